The van der Waals surface area contributed by atoms with Crippen LogP contribution in [-0.2, 0) is 14.8 Å². The predicted molar refractivity (Wildman–Crippen MR) is 80.5 cm³/mol. The van der Waals surface area contributed by atoms with Gasteiger partial charge in [-0.25, -0.2) is 13.1 Å². The summed E-state index contributed by atoms with van der Waals surface area (Å²) in [7, 11) is -3.77. The molecule has 1 aromatic carbocycles. The van der Waals surface area contributed by atoms with Crippen LogP contribution in [0, 0.1) is 5.92 Å². The average molecular weight is 328 g/mol. The highest BCUT2D eigenvalue weighted by Crippen LogP contribution is 2.32. The molecule has 0 aliphatic carbocycles. The van der Waals surface area contributed by atoms with Gasteiger partial charge in [-0.05, 0) is 18.1 Å². The largest absolute Gasteiger partial charge is 0.486 e. The molecule has 8 heteroatoms. The lowest BCUT2D eigenvalue weighted by atomic mass is 10.2. The monoisotopic (exact) mass is 328 g/mol. The zero-order valence-electron chi connectivity index (χ0n) is 12.6. The van der Waals surface area contributed by atoms with Crippen LogP contribution in [0.5, 0.6) is 11.5 Å². The number of ether oxygens (including phenoxy) is 2. The molecule has 0 bridgehead atoms. The minimum atomic E-state index is -3.77. The van der Waals surface area contributed by atoms with Gasteiger partial charge in [-0.15, -0.1) is 0 Å². The van der Waals surface area contributed by atoms with E-state index >= 15 is 0 Å². The van der Waals surface area contributed by atoms with Gasteiger partial charge in [0.2, 0.25) is 15.9 Å². The lowest BCUT2D eigenvalue weighted by molar-refractivity contribution is -0.120. The molecule has 0 spiro atoms. The number of nitrogens with one attached hydrogen (secondary N) is 2. The van der Waals surface area contributed by atoms with Crippen LogP contribution in [0.15, 0.2) is 23.1 Å². The van der Waals surface area contributed by atoms with Gasteiger partial charge in [0, 0.05) is 12.6 Å². The van der Waals surface area contributed by atoms with Crippen molar-refractivity contribution in [1.82, 2.24) is 10.0 Å². The third-order valence-electron chi connectivity index (χ3n) is 2.95. The molecule has 7 nitrogen and oxygen atoms in total. The van der Waals surface area contributed by atoms with Crippen LogP contribution in [0.1, 0.15) is 13.8 Å². The van der Waals surface area contributed by atoms with E-state index in [1.54, 1.807) is 6.07 Å². The summed E-state index contributed by atoms with van der Waals surface area (Å²) >= 11 is 0. The number of fused-ring (bicyclic) bond motifs is 1. The molecule has 0 atom stereocenters. The summed E-state index contributed by atoms with van der Waals surface area (Å²) in [5.74, 6) is 0.839. The van der Waals surface area contributed by atoms with Gasteiger partial charge < -0.3 is 14.8 Å². The van der Waals surface area contributed by atoms with E-state index in [9.17, 15) is 13.2 Å². The molecule has 1 heterocycles. The van der Waals surface area contributed by atoms with Gasteiger partial charge in [0.25, 0.3) is 0 Å². The standard InChI is InChI=1S/C14H20N2O5S/c1-10(2)8-15-14(17)9-16-22(18,19)11-3-4-12-13(7-11)21-6-5-20-12/h3-4,7,10,16H,5-6,8-9H2,1-2H3,(H,15,17). The van der Waals surface area contributed by atoms with Crippen LogP contribution >= 0.6 is 0 Å². The molecule has 2 N–H and O–H groups in total. The first-order valence-electron chi connectivity index (χ1n) is 7.04. The average Bonchev–Trinajstić information content (AvgIpc) is 2.50. The Balaban J connectivity index is 1.99. The van der Waals surface area contributed by atoms with E-state index in [1.165, 1.54) is 12.1 Å². The van der Waals surface area contributed by atoms with E-state index in [2.05, 4.69) is 10.0 Å². The van der Waals surface area contributed by atoms with E-state index in [4.69, 9.17) is 9.47 Å². The molecule has 0 aromatic heterocycles. The van der Waals surface area contributed by atoms with E-state index in [1.807, 2.05) is 13.8 Å². The molecule has 22 heavy (non-hydrogen) atoms. The summed E-state index contributed by atoms with van der Waals surface area (Å²) in [5, 5.41) is 2.65. The van der Waals surface area contributed by atoms with Gasteiger partial charge >= 0.3 is 0 Å². The van der Waals surface area contributed by atoms with Gasteiger partial charge in [-0.1, -0.05) is 13.8 Å². The quantitative estimate of drug-likeness (QED) is 0.793. The Bertz CT molecular complexity index is 643. The van der Waals surface area contributed by atoms with Crippen molar-refractivity contribution >= 4 is 15.9 Å². The highest BCUT2D eigenvalue weighted by Gasteiger charge is 2.20. The van der Waals surface area contributed by atoms with Crippen molar-refractivity contribution in [2.45, 2.75) is 18.7 Å². The molecule has 0 radical (unpaired) electrons. The molecule has 1 aliphatic heterocycles. The molecule has 0 unspecified atom stereocenters. The molecule has 0 saturated carbocycles. The van der Waals surface area contributed by atoms with Crippen molar-refractivity contribution in [3.8, 4) is 11.5 Å². The molecule has 0 saturated heterocycles. The van der Waals surface area contributed by atoms with Crippen LogP contribution in [0.4, 0.5) is 0 Å². The first kappa shape index (κ1) is 16.6. The maximum absolute atomic E-state index is 12.2. The number of hydrogen-bond donors (Lipinski definition) is 2. The first-order valence-corrected chi connectivity index (χ1v) is 8.53. The lowest BCUT2D eigenvalue weighted by Crippen LogP contribution is -2.38. The fraction of sp³-hybridized carbons (Fsp3) is 0.500. The van der Waals surface area contributed by atoms with Gasteiger partial charge in [0.1, 0.15) is 13.2 Å². The molecule has 1 aliphatic rings. The lowest BCUT2D eigenvalue weighted by Gasteiger charge is -2.18. The van der Waals surface area contributed by atoms with Gasteiger partial charge in [0.05, 0.1) is 11.4 Å². The van der Waals surface area contributed by atoms with Gasteiger partial charge in [0.15, 0.2) is 11.5 Å². The topological polar surface area (TPSA) is 93.7 Å². The van der Waals surface area contributed by atoms with Crippen molar-refractivity contribution in [3.05, 3.63) is 18.2 Å². The first-order chi connectivity index (χ1) is 10.4. The van der Waals surface area contributed by atoms with Crippen LogP contribution in [-0.4, -0.2) is 40.6 Å². The summed E-state index contributed by atoms with van der Waals surface area (Å²) in [4.78, 5) is 11.6. The summed E-state index contributed by atoms with van der Waals surface area (Å²) in [6.07, 6.45) is 0. The van der Waals surface area contributed by atoms with Crippen molar-refractivity contribution in [2.24, 2.45) is 5.92 Å². The van der Waals surface area contributed by atoms with Crippen molar-refractivity contribution in [1.29, 1.82) is 0 Å². The Labute approximate surface area is 130 Å². The van der Waals surface area contributed by atoms with E-state index < -0.39 is 10.0 Å². The van der Waals surface area contributed by atoms with Crippen LogP contribution in [0.3, 0.4) is 0 Å². The van der Waals surface area contributed by atoms with Crippen molar-refractivity contribution in [3.63, 3.8) is 0 Å². The smallest absolute Gasteiger partial charge is 0.241 e. The molecule has 122 valence electrons. The summed E-state index contributed by atoms with van der Waals surface area (Å²) in [6, 6.07) is 4.35. The van der Waals surface area contributed by atoms with E-state index in [-0.39, 0.29) is 17.3 Å². The fourth-order valence-electron chi connectivity index (χ4n) is 1.82. The normalized spacial score (nSPS) is 14.0. The van der Waals surface area contributed by atoms with Gasteiger partial charge in [-0.3, -0.25) is 4.79 Å². The zero-order chi connectivity index (χ0) is 16.2. The third-order valence-corrected chi connectivity index (χ3v) is 4.35. The van der Waals surface area contributed by atoms with Crippen molar-refractivity contribution in [2.75, 3.05) is 26.3 Å². The highest BCUT2D eigenvalue weighted by atomic mass is 32.2. The number of amides is 1. The minimum absolute atomic E-state index is 0.0356. The Hall–Kier alpha value is -1.80. The molecule has 2 rings (SSSR count). The second kappa shape index (κ2) is 6.97. The fourth-order valence-corrected chi connectivity index (χ4v) is 2.81. The number of benzene rings is 1. The van der Waals surface area contributed by atoms with Crippen molar-refractivity contribution < 1.29 is 22.7 Å². The third kappa shape index (κ3) is 4.35. The number of hydrogen-bond acceptors (Lipinski definition) is 5. The molecule has 1 amide bonds. The maximum Gasteiger partial charge on any atom is 0.241 e. The second-order valence-electron chi connectivity index (χ2n) is 5.33. The number of carbonyl (C=O) groups excluding carboxylic acids is 1. The summed E-state index contributed by atoms with van der Waals surface area (Å²) in [5.41, 5.74) is 0. The van der Waals surface area contributed by atoms with Crippen LogP contribution in [0.25, 0.3) is 0 Å². The number of sulfonamides is 1. The maximum atomic E-state index is 12.2. The Morgan fingerprint density at radius 3 is 2.59 bits per heavy atom. The van der Waals surface area contributed by atoms with Crippen LogP contribution in [0.2, 0.25) is 0 Å². The summed E-state index contributed by atoms with van der Waals surface area (Å²) < 4.78 is 37.3. The Kier molecular flexibility index (Phi) is 5.25. The van der Waals surface area contributed by atoms with E-state index in [0.717, 1.165) is 0 Å². The molecule has 0 fully saturated rings. The Morgan fingerprint density at radius 1 is 1.23 bits per heavy atom. The van der Waals surface area contributed by atoms with E-state index in [0.29, 0.717) is 37.2 Å². The second-order valence-corrected chi connectivity index (χ2v) is 7.09. The highest BCUT2D eigenvalue weighted by molar-refractivity contribution is 7.89. The molecular weight excluding hydrogens is 308 g/mol. The summed E-state index contributed by atoms with van der Waals surface area (Å²) in [6.45, 7) is 4.93. The molecule has 1 aromatic rings. The Morgan fingerprint density at radius 2 is 1.91 bits per heavy atom. The number of rotatable bonds is 6. The SMILES string of the molecule is CC(C)CNC(=O)CNS(=O)(=O)c1ccc2c(c1)OCCO2. The van der Waals surface area contributed by atoms with Crippen LogP contribution < -0.4 is 19.5 Å². The minimum Gasteiger partial charge on any atom is -0.486 e. The zero-order valence-corrected chi connectivity index (χ0v) is 13.4. The van der Waals surface area contributed by atoms with Gasteiger partial charge in [-0.2, -0.15) is 0 Å². The molecular formula is C14H20N2O5S. The number of carbonyl (C=O) groups is 1. The predicted octanol–water partition coefficient (Wildman–Crippen LogP) is 0.508.